The molecule has 3 rings (SSSR count). The lowest BCUT2D eigenvalue weighted by Gasteiger charge is -2.43. The minimum absolute atomic E-state index is 0.228. The molecule has 2 aliphatic rings. The Kier molecular flexibility index (Phi) is 5.04. The number of ether oxygens (including phenoxy) is 2. The predicted octanol–water partition coefficient (Wildman–Crippen LogP) is 3.28. The summed E-state index contributed by atoms with van der Waals surface area (Å²) in [6.07, 6.45) is 0.473. The Morgan fingerprint density at radius 1 is 0.870 bits per heavy atom. The molecule has 0 atom stereocenters. The van der Waals surface area contributed by atoms with Crippen molar-refractivity contribution in [3.8, 4) is 11.5 Å². The second-order valence-electron chi connectivity index (χ2n) is 7.17. The van der Waals surface area contributed by atoms with Crippen molar-refractivity contribution in [3.63, 3.8) is 0 Å². The van der Waals surface area contributed by atoms with Gasteiger partial charge in [0.15, 0.2) is 11.5 Å². The molecule has 2 heterocycles. The summed E-state index contributed by atoms with van der Waals surface area (Å²) in [5, 5.41) is 0.685. The van der Waals surface area contributed by atoms with Gasteiger partial charge in [-0.3, -0.25) is 9.80 Å². The fourth-order valence-corrected chi connectivity index (χ4v) is 3.12. The first-order chi connectivity index (χ1) is 10.9. The SMILES string of the molecule is CC(C)N1CC(Oc2ccc(Cl)cc2OC2CN(C(C)C)C2)C1. The van der Waals surface area contributed by atoms with E-state index in [1.54, 1.807) is 0 Å². The van der Waals surface area contributed by atoms with Crippen LogP contribution in [0.15, 0.2) is 18.2 Å². The van der Waals surface area contributed by atoms with Crippen LogP contribution in [0.3, 0.4) is 0 Å². The molecule has 0 unspecified atom stereocenters. The molecule has 0 saturated carbocycles. The van der Waals surface area contributed by atoms with Gasteiger partial charge in [0.25, 0.3) is 0 Å². The third-order valence-corrected chi connectivity index (χ3v) is 4.94. The van der Waals surface area contributed by atoms with Gasteiger partial charge < -0.3 is 9.47 Å². The first kappa shape index (κ1) is 16.9. The molecule has 2 fully saturated rings. The summed E-state index contributed by atoms with van der Waals surface area (Å²) in [4.78, 5) is 4.79. The van der Waals surface area contributed by atoms with Gasteiger partial charge in [0.1, 0.15) is 12.2 Å². The highest BCUT2D eigenvalue weighted by molar-refractivity contribution is 6.30. The van der Waals surface area contributed by atoms with Crippen LogP contribution in [0.25, 0.3) is 0 Å². The number of nitrogens with zero attached hydrogens (tertiary/aromatic N) is 2. The van der Waals surface area contributed by atoms with E-state index in [2.05, 4.69) is 37.5 Å². The number of benzene rings is 1. The third-order valence-electron chi connectivity index (χ3n) is 4.71. The largest absolute Gasteiger partial charge is 0.484 e. The molecule has 0 bridgehead atoms. The Morgan fingerprint density at radius 3 is 1.83 bits per heavy atom. The standard InChI is InChI=1S/C18H27ClN2O2/c1-12(2)20-8-15(9-20)22-17-6-5-14(19)7-18(17)23-16-10-21(11-16)13(3)4/h5-7,12-13,15-16H,8-11H2,1-4H3. The van der Waals surface area contributed by atoms with Gasteiger partial charge in [-0.25, -0.2) is 0 Å². The van der Waals surface area contributed by atoms with Crippen molar-refractivity contribution < 1.29 is 9.47 Å². The quantitative estimate of drug-likeness (QED) is 0.794. The van der Waals surface area contributed by atoms with E-state index in [1.165, 1.54) is 0 Å². The molecule has 0 radical (unpaired) electrons. The second-order valence-corrected chi connectivity index (χ2v) is 7.60. The van der Waals surface area contributed by atoms with Crippen molar-refractivity contribution in [1.82, 2.24) is 9.80 Å². The zero-order valence-electron chi connectivity index (χ0n) is 14.5. The second kappa shape index (κ2) is 6.88. The molecule has 0 aliphatic carbocycles. The van der Waals surface area contributed by atoms with E-state index in [1.807, 2.05) is 18.2 Å². The highest BCUT2D eigenvalue weighted by Gasteiger charge is 2.33. The maximum absolute atomic E-state index is 6.14. The summed E-state index contributed by atoms with van der Waals surface area (Å²) in [6.45, 7) is 12.7. The van der Waals surface area contributed by atoms with Crippen molar-refractivity contribution >= 4 is 11.6 Å². The summed E-state index contributed by atoms with van der Waals surface area (Å²) in [7, 11) is 0. The van der Waals surface area contributed by atoms with Gasteiger partial charge in [-0.1, -0.05) is 11.6 Å². The maximum atomic E-state index is 6.14. The number of hydrogen-bond donors (Lipinski definition) is 0. The molecule has 1 aromatic rings. The van der Waals surface area contributed by atoms with E-state index in [0.717, 1.165) is 37.7 Å². The molecule has 0 aromatic heterocycles. The molecule has 4 nitrogen and oxygen atoms in total. The van der Waals surface area contributed by atoms with E-state index in [-0.39, 0.29) is 12.2 Å². The lowest BCUT2D eigenvalue weighted by atomic mass is 10.1. The van der Waals surface area contributed by atoms with Crippen LogP contribution in [0.1, 0.15) is 27.7 Å². The molecule has 23 heavy (non-hydrogen) atoms. The van der Waals surface area contributed by atoms with Crippen molar-refractivity contribution in [2.75, 3.05) is 26.2 Å². The smallest absolute Gasteiger partial charge is 0.163 e. The summed E-state index contributed by atoms with van der Waals surface area (Å²) in [5.41, 5.74) is 0. The van der Waals surface area contributed by atoms with E-state index in [4.69, 9.17) is 21.1 Å². The van der Waals surface area contributed by atoms with Crippen LogP contribution >= 0.6 is 11.6 Å². The van der Waals surface area contributed by atoms with Crippen LogP contribution in [0.5, 0.6) is 11.5 Å². The molecule has 2 aliphatic heterocycles. The van der Waals surface area contributed by atoms with Gasteiger partial charge in [-0.05, 0) is 39.8 Å². The minimum atomic E-state index is 0.228. The average molecular weight is 339 g/mol. The third kappa shape index (κ3) is 3.93. The van der Waals surface area contributed by atoms with Gasteiger partial charge >= 0.3 is 0 Å². The van der Waals surface area contributed by atoms with Crippen LogP contribution in [0.2, 0.25) is 5.02 Å². The van der Waals surface area contributed by atoms with Crippen LogP contribution < -0.4 is 9.47 Å². The number of halogens is 1. The normalized spacial score (nSPS) is 20.7. The Balaban J connectivity index is 1.58. The Morgan fingerprint density at radius 2 is 1.35 bits per heavy atom. The van der Waals surface area contributed by atoms with Crippen LogP contribution in [0, 0.1) is 0 Å². The van der Waals surface area contributed by atoms with Gasteiger partial charge in [0, 0.05) is 49.4 Å². The summed E-state index contributed by atoms with van der Waals surface area (Å²) >= 11 is 6.14. The number of hydrogen-bond acceptors (Lipinski definition) is 4. The molecule has 2 saturated heterocycles. The lowest BCUT2D eigenvalue weighted by Crippen LogP contribution is -2.57. The monoisotopic (exact) mass is 338 g/mol. The van der Waals surface area contributed by atoms with Crippen LogP contribution in [-0.4, -0.2) is 60.3 Å². The van der Waals surface area contributed by atoms with E-state index < -0.39 is 0 Å². The zero-order valence-corrected chi connectivity index (χ0v) is 15.2. The Bertz CT molecular complexity index is 538. The van der Waals surface area contributed by atoms with Gasteiger partial charge in [0.2, 0.25) is 0 Å². The first-order valence-corrected chi connectivity index (χ1v) is 8.91. The summed E-state index contributed by atoms with van der Waals surface area (Å²) in [6, 6.07) is 6.81. The molecular formula is C18H27ClN2O2. The molecule has 128 valence electrons. The molecular weight excluding hydrogens is 312 g/mol. The van der Waals surface area contributed by atoms with Gasteiger partial charge in [0.05, 0.1) is 0 Å². The topological polar surface area (TPSA) is 24.9 Å². The van der Waals surface area contributed by atoms with Crippen molar-refractivity contribution in [2.45, 2.75) is 52.0 Å². The highest BCUT2D eigenvalue weighted by Crippen LogP contribution is 2.34. The molecule has 0 amide bonds. The van der Waals surface area contributed by atoms with Crippen LogP contribution in [-0.2, 0) is 0 Å². The van der Waals surface area contributed by atoms with Crippen molar-refractivity contribution in [3.05, 3.63) is 23.2 Å². The molecule has 1 aromatic carbocycles. The van der Waals surface area contributed by atoms with E-state index in [0.29, 0.717) is 17.1 Å². The van der Waals surface area contributed by atoms with Gasteiger partial charge in [-0.2, -0.15) is 0 Å². The molecule has 0 N–H and O–H groups in total. The first-order valence-electron chi connectivity index (χ1n) is 8.53. The maximum Gasteiger partial charge on any atom is 0.163 e. The van der Waals surface area contributed by atoms with Gasteiger partial charge in [-0.15, -0.1) is 0 Å². The lowest BCUT2D eigenvalue weighted by molar-refractivity contribution is -0.0145. The van der Waals surface area contributed by atoms with Crippen molar-refractivity contribution in [1.29, 1.82) is 0 Å². The fourth-order valence-electron chi connectivity index (χ4n) is 2.96. The number of likely N-dealkylation sites (tertiary alicyclic amines) is 2. The van der Waals surface area contributed by atoms with Crippen LogP contribution in [0.4, 0.5) is 0 Å². The fraction of sp³-hybridized carbons (Fsp3) is 0.667. The van der Waals surface area contributed by atoms with Crippen molar-refractivity contribution in [2.24, 2.45) is 0 Å². The zero-order chi connectivity index (χ0) is 16.6. The summed E-state index contributed by atoms with van der Waals surface area (Å²) in [5.74, 6) is 1.58. The Hall–Kier alpha value is -0.970. The molecule has 0 spiro atoms. The Labute approximate surface area is 144 Å². The van der Waals surface area contributed by atoms with E-state index in [9.17, 15) is 0 Å². The average Bonchev–Trinajstić information content (AvgIpc) is 2.37. The number of rotatable bonds is 6. The predicted molar refractivity (Wildman–Crippen MR) is 93.7 cm³/mol. The minimum Gasteiger partial charge on any atom is -0.484 e. The van der Waals surface area contributed by atoms with E-state index >= 15 is 0 Å². The summed E-state index contributed by atoms with van der Waals surface area (Å²) < 4.78 is 12.2. The highest BCUT2D eigenvalue weighted by atomic mass is 35.5. The molecule has 5 heteroatoms.